The van der Waals surface area contributed by atoms with Crippen molar-refractivity contribution in [2.45, 2.75) is 39.8 Å². The fourth-order valence-electron chi connectivity index (χ4n) is 2.18. The summed E-state index contributed by atoms with van der Waals surface area (Å²) in [7, 11) is 0. The summed E-state index contributed by atoms with van der Waals surface area (Å²) in [4.78, 5) is 14.8. The SMILES string of the molecule is Cc1cc(CNc2cnn(CC3CC3)c(=O)c2Br)sc1C. The van der Waals surface area contributed by atoms with E-state index in [2.05, 4.69) is 46.3 Å². The number of rotatable bonds is 5. The highest BCUT2D eigenvalue weighted by molar-refractivity contribution is 9.10. The molecule has 0 bridgehead atoms. The molecule has 0 aromatic carbocycles. The smallest absolute Gasteiger partial charge is 0.283 e. The number of halogens is 1. The van der Waals surface area contributed by atoms with E-state index in [-0.39, 0.29) is 5.56 Å². The lowest BCUT2D eigenvalue weighted by Crippen LogP contribution is -2.25. The molecular formula is C15H18BrN3OS. The van der Waals surface area contributed by atoms with E-state index in [1.165, 1.54) is 28.2 Å². The Balaban J connectivity index is 1.73. The van der Waals surface area contributed by atoms with Gasteiger partial charge in [0.15, 0.2) is 0 Å². The van der Waals surface area contributed by atoms with Crippen LogP contribution in [0.2, 0.25) is 0 Å². The number of anilines is 1. The first kappa shape index (κ1) is 14.8. The quantitative estimate of drug-likeness (QED) is 0.875. The van der Waals surface area contributed by atoms with Gasteiger partial charge in [0, 0.05) is 22.8 Å². The second kappa shape index (κ2) is 5.93. The van der Waals surface area contributed by atoms with E-state index in [1.54, 1.807) is 22.2 Å². The first-order valence-electron chi connectivity index (χ1n) is 7.10. The number of hydrogen-bond acceptors (Lipinski definition) is 4. The van der Waals surface area contributed by atoms with E-state index in [9.17, 15) is 4.79 Å². The third-order valence-electron chi connectivity index (χ3n) is 3.78. The molecular weight excluding hydrogens is 350 g/mol. The second-order valence-electron chi connectivity index (χ2n) is 5.61. The molecule has 1 saturated carbocycles. The minimum atomic E-state index is -0.0505. The van der Waals surface area contributed by atoms with Gasteiger partial charge < -0.3 is 5.32 Å². The number of aryl methyl sites for hydroxylation is 2. The summed E-state index contributed by atoms with van der Waals surface area (Å²) in [6, 6.07) is 2.18. The average molecular weight is 368 g/mol. The van der Waals surface area contributed by atoms with Crippen molar-refractivity contribution in [1.29, 1.82) is 0 Å². The maximum atomic E-state index is 12.2. The Kier molecular flexibility index (Phi) is 4.17. The Morgan fingerprint density at radius 3 is 2.86 bits per heavy atom. The van der Waals surface area contributed by atoms with Crippen LogP contribution in [0.5, 0.6) is 0 Å². The summed E-state index contributed by atoms with van der Waals surface area (Å²) in [5.41, 5.74) is 2.02. The standard InChI is InChI=1S/C15H18BrN3OS/c1-9-5-12(21-10(9)2)6-17-13-7-18-19(8-11-3-4-11)15(20)14(13)16/h5,7,11,17H,3-4,6,8H2,1-2H3. The van der Waals surface area contributed by atoms with Gasteiger partial charge in [0.1, 0.15) is 4.47 Å². The van der Waals surface area contributed by atoms with Crippen molar-refractivity contribution in [3.8, 4) is 0 Å². The molecule has 1 fully saturated rings. The molecule has 112 valence electrons. The van der Waals surface area contributed by atoms with E-state index in [1.807, 2.05) is 0 Å². The van der Waals surface area contributed by atoms with Crippen molar-refractivity contribution in [3.63, 3.8) is 0 Å². The highest BCUT2D eigenvalue weighted by Gasteiger charge is 2.23. The van der Waals surface area contributed by atoms with Crippen molar-refractivity contribution < 1.29 is 0 Å². The lowest BCUT2D eigenvalue weighted by Gasteiger charge is -2.09. The van der Waals surface area contributed by atoms with Crippen molar-refractivity contribution in [2.75, 3.05) is 5.32 Å². The Morgan fingerprint density at radius 1 is 1.48 bits per heavy atom. The molecule has 6 heteroatoms. The van der Waals surface area contributed by atoms with E-state index >= 15 is 0 Å². The van der Waals surface area contributed by atoms with Crippen molar-refractivity contribution >= 4 is 33.0 Å². The zero-order chi connectivity index (χ0) is 15.0. The molecule has 3 rings (SSSR count). The highest BCUT2D eigenvalue weighted by Crippen LogP contribution is 2.30. The molecule has 2 heterocycles. The molecule has 1 N–H and O–H groups in total. The molecule has 0 amide bonds. The summed E-state index contributed by atoms with van der Waals surface area (Å²) in [6.07, 6.45) is 4.16. The largest absolute Gasteiger partial charge is 0.378 e. The molecule has 2 aromatic rings. The third-order valence-corrected chi connectivity index (χ3v) is 5.70. The molecule has 0 aliphatic heterocycles. The lowest BCUT2D eigenvalue weighted by atomic mass is 10.3. The molecule has 4 nitrogen and oxygen atoms in total. The van der Waals surface area contributed by atoms with Crippen molar-refractivity contribution in [3.05, 3.63) is 42.4 Å². The molecule has 0 unspecified atom stereocenters. The highest BCUT2D eigenvalue weighted by atomic mass is 79.9. The van der Waals surface area contributed by atoms with Crippen LogP contribution in [0, 0.1) is 19.8 Å². The van der Waals surface area contributed by atoms with E-state index in [4.69, 9.17) is 0 Å². The van der Waals surface area contributed by atoms with Crippen LogP contribution < -0.4 is 10.9 Å². The first-order valence-corrected chi connectivity index (χ1v) is 8.71. The molecule has 0 saturated heterocycles. The second-order valence-corrected chi connectivity index (χ2v) is 7.74. The van der Waals surface area contributed by atoms with Gasteiger partial charge in [0.2, 0.25) is 0 Å². The third kappa shape index (κ3) is 3.37. The van der Waals surface area contributed by atoms with Crippen LogP contribution in [0.3, 0.4) is 0 Å². The molecule has 21 heavy (non-hydrogen) atoms. The van der Waals surface area contributed by atoms with Gasteiger partial charge >= 0.3 is 0 Å². The number of nitrogens with one attached hydrogen (secondary N) is 1. The fourth-order valence-corrected chi connectivity index (χ4v) is 3.62. The van der Waals surface area contributed by atoms with Gasteiger partial charge in [-0.05, 0) is 60.2 Å². The van der Waals surface area contributed by atoms with Crippen LogP contribution in [0.15, 0.2) is 21.5 Å². The van der Waals surface area contributed by atoms with Crippen LogP contribution in [0.1, 0.15) is 28.2 Å². The van der Waals surface area contributed by atoms with E-state index < -0.39 is 0 Å². The predicted octanol–water partition coefficient (Wildman–Crippen LogP) is 3.71. The van der Waals surface area contributed by atoms with Crippen LogP contribution in [-0.2, 0) is 13.1 Å². The van der Waals surface area contributed by atoms with Gasteiger partial charge in [-0.15, -0.1) is 11.3 Å². The maximum Gasteiger partial charge on any atom is 0.283 e. The van der Waals surface area contributed by atoms with Crippen molar-refractivity contribution in [2.24, 2.45) is 5.92 Å². The van der Waals surface area contributed by atoms with Gasteiger partial charge in [-0.3, -0.25) is 4.79 Å². The molecule has 0 atom stereocenters. The van der Waals surface area contributed by atoms with Crippen LogP contribution in [-0.4, -0.2) is 9.78 Å². The Hall–Kier alpha value is -1.14. The normalized spacial score (nSPS) is 14.4. The summed E-state index contributed by atoms with van der Waals surface area (Å²) in [5, 5.41) is 7.56. The Morgan fingerprint density at radius 2 is 2.24 bits per heavy atom. The predicted molar refractivity (Wildman–Crippen MR) is 90.0 cm³/mol. The van der Waals surface area contributed by atoms with Crippen LogP contribution >= 0.6 is 27.3 Å². The maximum absolute atomic E-state index is 12.2. The number of thiophene rings is 1. The molecule has 0 radical (unpaired) electrons. The minimum absolute atomic E-state index is 0.0505. The minimum Gasteiger partial charge on any atom is -0.378 e. The van der Waals surface area contributed by atoms with Gasteiger partial charge in [0.25, 0.3) is 5.56 Å². The molecule has 2 aromatic heterocycles. The number of hydrogen-bond donors (Lipinski definition) is 1. The lowest BCUT2D eigenvalue weighted by molar-refractivity contribution is 0.532. The number of nitrogens with zero attached hydrogens (tertiary/aromatic N) is 2. The van der Waals surface area contributed by atoms with Gasteiger partial charge in [-0.1, -0.05) is 0 Å². The van der Waals surface area contributed by atoms with E-state index in [0.717, 1.165) is 12.2 Å². The van der Waals surface area contributed by atoms with Gasteiger partial charge in [-0.25, -0.2) is 4.68 Å². The van der Waals surface area contributed by atoms with Gasteiger partial charge in [0.05, 0.1) is 11.9 Å². The summed E-state index contributed by atoms with van der Waals surface area (Å²) in [5.74, 6) is 0.637. The summed E-state index contributed by atoms with van der Waals surface area (Å²) >= 11 is 5.18. The molecule has 0 spiro atoms. The fraction of sp³-hybridized carbons (Fsp3) is 0.467. The zero-order valence-electron chi connectivity index (χ0n) is 12.1. The molecule has 1 aliphatic carbocycles. The number of aromatic nitrogens is 2. The zero-order valence-corrected chi connectivity index (χ0v) is 14.6. The monoisotopic (exact) mass is 367 g/mol. The summed E-state index contributed by atoms with van der Waals surface area (Å²) < 4.78 is 2.13. The Labute approximate surface area is 136 Å². The van der Waals surface area contributed by atoms with E-state index in [0.29, 0.717) is 16.9 Å². The van der Waals surface area contributed by atoms with Gasteiger partial charge in [-0.2, -0.15) is 5.10 Å². The van der Waals surface area contributed by atoms with Crippen LogP contribution in [0.25, 0.3) is 0 Å². The van der Waals surface area contributed by atoms with Crippen molar-refractivity contribution in [1.82, 2.24) is 9.78 Å². The first-order chi connectivity index (χ1) is 10.0. The molecule has 1 aliphatic rings. The topological polar surface area (TPSA) is 46.9 Å². The van der Waals surface area contributed by atoms with Crippen LogP contribution in [0.4, 0.5) is 5.69 Å². The summed E-state index contributed by atoms with van der Waals surface area (Å²) in [6.45, 7) is 5.69. The Bertz CT molecular complexity index is 699. The average Bonchev–Trinajstić information content (AvgIpc) is 3.21.